The molecule has 0 unspecified atom stereocenters. The summed E-state index contributed by atoms with van der Waals surface area (Å²) in [5.74, 6) is -0.373. The Morgan fingerprint density at radius 2 is 1.52 bits per heavy atom. The number of nitrogens with one attached hydrogen (secondary N) is 2. The van der Waals surface area contributed by atoms with Crippen molar-refractivity contribution in [1.29, 1.82) is 0 Å². The smallest absolute Gasteiger partial charge is 0.408 e. The number of benzene rings is 3. The third-order valence-electron chi connectivity index (χ3n) is 4.30. The number of alkyl carbamates (subject to hydrolysis) is 1. The summed E-state index contributed by atoms with van der Waals surface area (Å²) in [5.41, 5.74) is 8.68. The van der Waals surface area contributed by atoms with E-state index in [4.69, 9.17) is 10.5 Å². The molecule has 0 spiro atoms. The molecule has 0 bridgehead atoms. The van der Waals surface area contributed by atoms with E-state index >= 15 is 0 Å². The molecule has 3 aromatic rings. The summed E-state index contributed by atoms with van der Waals surface area (Å²) in [4.78, 5) is 25.2. The average Bonchev–Trinajstić information content (AvgIpc) is 2.77. The quantitative estimate of drug-likeness (QED) is 0.574. The highest BCUT2D eigenvalue weighted by Crippen LogP contribution is 2.17. The van der Waals surface area contributed by atoms with Gasteiger partial charge < -0.3 is 21.1 Å². The molecule has 2 amide bonds. The van der Waals surface area contributed by atoms with Crippen molar-refractivity contribution >= 4 is 17.7 Å². The van der Waals surface area contributed by atoms with Crippen LogP contribution in [0.1, 0.15) is 22.7 Å². The summed E-state index contributed by atoms with van der Waals surface area (Å²) in [7, 11) is 0. The highest BCUT2D eigenvalue weighted by Gasteiger charge is 2.23. The summed E-state index contributed by atoms with van der Waals surface area (Å²) in [6, 6.07) is 24.7. The molecule has 4 N–H and O–H groups in total. The van der Waals surface area contributed by atoms with E-state index in [1.165, 1.54) is 0 Å². The fourth-order valence-corrected chi connectivity index (χ4v) is 2.82. The highest BCUT2D eigenvalue weighted by molar-refractivity contribution is 5.97. The van der Waals surface area contributed by atoms with E-state index in [9.17, 15) is 9.59 Å². The summed E-state index contributed by atoms with van der Waals surface area (Å²) >= 11 is 0. The van der Waals surface area contributed by atoms with E-state index in [2.05, 4.69) is 10.6 Å². The van der Waals surface area contributed by atoms with Crippen molar-refractivity contribution in [1.82, 2.24) is 5.32 Å². The van der Waals surface area contributed by atoms with Gasteiger partial charge in [-0.1, -0.05) is 72.8 Å². The zero-order valence-corrected chi connectivity index (χ0v) is 15.9. The van der Waals surface area contributed by atoms with Crippen LogP contribution in [0.25, 0.3) is 0 Å². The van der Waals surface area contributed by atoms with Crippen LogP contribution in [-0.2, 0) is 22.7 Å². The Morgan fingerprint density at radius 3 is 2.21 bits per heavy atom. The lowest BCUT2D eigenvalue weighted by atomic mass is 10.1. The molecule has 3 rings (SSSR count). The summed E-state index contributed by atoms with van der Waals surface area (Å²) < 4.78 is 5.27. The lowest BCUT2D eigenvalue weighted by Gasteiger charge is -2.19. The molecule has 0 aliphatic heterocycles. The van der Waals surface area contributed by atoms with E-state index in [1.54, 1.807) is 24.3 Å². The van der Waals surface area contributed by atoms with Crippen LogP contribution < -0.4 is 16.4 Å². The van der Waals surface area contributed by atoms with Crippen molar-refractivity contribution in [3.63, 3.8) is 0 Å². The number of hydrogen-bond acceptors (Lipinski definition) is 4. The number of rotatable bonds is 7. The Labute approximate surface area is 169 Å². The predicted molar refractivity (Wildman–Crippen MR) is 112 cm³/mol. The van der Waals surface area contributed by atoms with E-state index in [-0.39, 0.29) is 12.5 Å². The van der Waals surface area contributed by atoms with E-state index < -0.39 is 12.1 Å². The number of carbonyl (C=O) groups is 2. The molecule has 0 aliphatic rings. The molecule has 0 radical (unpaired) electrons. The Balaban J connectivity index is 1.70. The summed E-state index contributed by atoms with van der Waals surface area (Å²) in [6.45, 7) is 0.490. The van der Waals surface area contributed by atoms with Crippen LogP contribution in [0.15, 0.2) is 84.9 Å². The van der Waals surface area contributed by atoms with Crippen LogP contribution in [0.2, 0.25) is 0 Å². The van der Waals surface area contributed by atoms with E-state index in [1.807, 2.05) is 60.7 Å². The van der Waals surface area contributed by atoms with Gasteiger partial charge in [0.25, 0.3) is 5.91 Å². The molecule has 0 aromatic heterocycles. The molecule has 0 aliphatic carbocycles. The topological polar surface area (TPSA) is 93.5 Å². The maximum Gasteiger partial charge on any atom is 0.408 e. The molecule has 0 fully saturated rings. The zero-order chi connectivity index (χ0) is 20.5. The number of amides is 2. The highest BCUT2D eigenvalue weighted by atomic mass is 16.5. The number of anilines is 1. The standard InChI is InChI=1S/C23H23N3O3/c24-15-18-10-7-13-20(14-18)25-22(27)21(19-11-5-2-6-12-19)26-23(28)29-16-17-8-3-1-4-9-17/h1-14,21H,15-16,24H2,(H,25,27)(H,26,28)/t21-/m0/s1. The Hall–Kier alpha value is -3.64. The molecular weight excluding hydrogens is 366 g/mol. The number of carbonyl (C=O) groups excluding carboxylic acids is 2. The Kier molecular flexibility index (Phi) is 6.97. The van der Waals surface area contributed by atoms with Crippen molar-refractivity contribution in [2.75, 3.05) is 5.32 Å². The van der Waals surface area contributed by atoms with Crippen molar-refractivity contribution < 1.29 is 14.3 Å². The van der Waals surface area contributed by atoms with Gasteiger partial charge >= 0.3 is 6.09 Å². The Bertz CT molecular complexity index is 946. The molecular formula is C23H23N3O3. The first-order valence-electron chi connectivity index (χ1n) is 9.28. The van der Waals surface area contributed by atoms with Crippen molar-refractivity contribution in [2.24, 2.45) is 5.73 Å². The molecule has 0 heterocycles. The maximum absolute atomic E-state index is 12.9. The number of ether oxygens (including phenoxy) is 1. The van der Waals surface area contributed by atoms with Gasteiger partial charge in [0.2, 0.25) is 0 Å². The second kappa shape index (κ2) is 10.1. The summed E-state index contributed by atoms with van der Waals surface area (Å²) in [5, 5.41) is 5.48. The number of hydrogen-bond donors (Lipinski definition) is 3. The van der Waals surface area contributed by atoms with Crippen LogP contribution >= 0.6 is 0 Å². The second-order valence-corrected chi connectivity index (χ2v) is 6.44. The lowest BCUT2D eigenvalue weighted by Crippen LogP contribution is -2.37. The van der Waals surface area contributed by atoms with Crippen molar-refractivity contribution in [3.05, 3.63) is 102 Å². The second-order valence-electron chi connectivity index (χ2n) is 6.44. The van der Waals surface area contributed by atoms with Crippen LogP contribution in [-0.4, -0.2) is 12.0 Å². The van der Waals surface area contributed by atoms with Gasteiger partial charge in [0, 0.05) is 12.2 Å². The maximum atomic E-state index is 12.9. The minimum Gasteiger partial charge on any atom is -0.445 e. The molecule has 1 atom stereocenters. The first-order chi connectivity index (χ1) is 14.2. The third kappa shape index (κ3) is 5.92. The first-order valence-corrected chi connectivity index (χ1v) is 9.28. The average molecular weight is 389 g/mol. The van der Waals surface area contributed by atoms with Crippen LogP contribution in [0, 0.1) is 0 Å². The Morgan fingerprint density at radius 1 is 0.862 bits per heavy atom. The molecule has 148 valence electrons. The van der Waals surface area contributed by atoms with Gasteiger partial charge in [0.15, 0.2) is 0 Å². The van der Waals surface area contributed by atoms with Gasteiger partial charge in [-0.05, 0) is 28.8 Å². The first kappa shape index (κ1) is 20.1. The van der Waals surface area contributed by atoms with Gasteiger partial charge in [-0.15, -0.1) is 0 Å². The number of nitrogens with two attached hydrogens (primary N) is 1. The monoisotopic (exact) mass is 389 g/mol. The lowest BCUT2D eigenvalue weighted by molar-refractivity contribution is -0.118. The minimum atomic E-state index is -0.902. The molecule has 6 nitrogen and oxygen atoms in total. The van der Waals surface area contributed by atoms with Gasteiger partial charge in [0.1, 0.15) is 12.6 Å². The van der Waals surface area contributed by atoms with Gasteiger partial charge in [-0.2, -0.15) is 0 Å². The minimum absolute atomic E-state index is 0.119. The van der Waals surface area contributed by atoms with Crippen molar-refractivity contribution in [2.45, 2.75) is 19.2 Å². The fourth-order valence-electron chi connectivity index (χ4n) is 2.82. The normalized spacial score (nSPS) is 11.3. The fraction of sp³-hybridized carbons (Fsp3) is 0.130. The molecule has 6 heteroatoms. The zero-order valence-electron chi connectivity index (χ0n) is 15.9. The van der Waals surface area contributed by atoms with Crippen LogP contribution in [0.3, 0.4) is 0 Å². The SMILES string of the molecule is NCc1cccc(NC(=O)[C@@H](NC(=O)OCc2ccccc2)c2ccccc2)c1. The van der Waals surface area contributed by atoms with Crippen molar-refractivity contribution in [3.8, 4) is 0 Å². The molecule has 3 aromatic carbocycles. The largest absolute Gasteiger partial charge is 0.445 e. The van der Waals surface area contributed by atoms with E-state index in [0.717, 1.165) is 11.1 Å². The van der Waals surface area contributed by atoms with Gasteiger partial charge in [-0.25, -0.2) is 4.79 Å². The van der Waals surface area contributed by atoms with E-state index in [0.29, 0.717) is 17.8 Å². The van der Waals surface area contributed by atoms with Gasteiger partial charge in [0.05, 0.1) is 0 Å². The molecule has 29 heavy (non-hydrogen) atoms. The third-order valence-corrected chi connectivity index (χ3v) is 4.30. The summed E-state index contributed by atoms with van der Waals surface area (Å²) in [6.07, 6.45) is -0.673. The molecule has 0 saturated carbocycles. The predicted octanol–water partition coefficient (Wildman–Crippen LogP) is 3.75. The molecule has 0 saturated heterocycles. The van der Waals surface area contributed by atoms with Gasteiger partial charge in [-0.3, -0.25) is 4.79 Å². The van der Waals surface area contributed by atoms with Crippen LogP contribution in [0.5, 0.6) is 0 Å². The van der Waals surface area contributed by atoms with Crippen LogP contribution in [0.4, 0.5) is 10.5 Å².